The van der Waals surface area contributed by atoms with Crippen molar-refractivity contribution in [3.63, 3.8) is 0 Å². The molecule has 23 heavy (non-hydrogen) atoms. The number of amides is 1. The topological polar surface area (TPSA) is 116 Å². The number of rotatable bonds is 6. The number of hydrazone groups is 1. The van der Waals surface area contributed by atoms with Gasteiger partial charge in [-0.2, -0.15) is 5.10 Å². The number of aromatic nitrogens is 2. The fraction of sp³-hybridized carbons (Fsp3) is 0.0769. The molecule has 1 amide bonds. The summed E-state index contributed by atoms with van der Waals surface area (Å²) in [6, 6.07) is 3.61. The molecule has 0 saturated carbocycles. The van der Waals surface area contributed by atoms with Gasteiger partial charge in [0.25, 0.3) is 5.91 Å². The second kappa shape index (κ2) is 7.88. The van der Waals surface area contributed by atoms with Crippen molar-refractivity contribution in [3.05, 3.63) is 45.0 Å². The van der Waals surface area contributed by atoms with Gasteiger partial charge in [-0.25, -0.2) is 10.1 Å². The van der Waals surface area contributed by atoms with Crippen molar-refractivity contribution in [2.45, 2.75) is 0 Å². The molecule has 0 aliphatic heterocycles. The normalized spacial score (nSPS) is 10.7. The number of hydrogen-bond donors (Lipinski definition) is 2. The third-order valence-corrected chi connectivity index (χ3v) is 3.53. The molecular formula is C13H11Br2N5O3. The second-order valence-corrected chi connectivity index (χ2v) is 5.87. The lowest BCUT2D eigenvalue weighted by Gasteiger charge is -2.10. The highest BCUT2D eigenvalue weighted by atomic mass is 79.9. The highest BCUT2D eigenvalue weighted by Crippen LogP contribution is 2.32. The van der Waals surface area contributed by atoms with Crippen LogP contribution in [0.5, 0.6) is 5.75 Å². The van der Waals surface area contributed by atoms with Crippen LogP contribution in [0.2, 0.25) is 0 Å². The number of nitrogen functional groups attached to an aromatic ring is 1. The molecule has 120 valence electrons. The number of hydrogen-bond acceptors (Lipinski definition) is 7. The number of carbonyl (C=O) groups is 1. The number of halogens is 2. The largest absolute Gasteiger partial charge is 0.488 e. The Morgan fingerprint density at radius 2 is 2.26 bits per heavy atom. The predicted octanol–water partition coefficient (Wildman–Crippen LogP) is 2.51. The summed E-state index contributed by atoms with van der Waals surface area (Å²) in [6.07, 6.45) is 3.05. The number of nitrogens with zero attached hydrogens (tertiary/aromatic N) is 3. The lowest BCUT2D eigenvalue weighted by molar-refractivity contribution is 0.0946. The molecule has 1 heterocycles. The molecule has 0 bridgehead atoms. The number of benzene rings is 1. The van der Waals surface area contributed by atoms with Crippen molar-refractivity contribution >= 4 is 49.8 Å². The summed E-state index contributed by atoms with van der Waals surface area (Å²) >= 11 is 6.78. The smallest absolute Gasteiger partial charge is 0.297 e. The van der Waals surface area contributed by atoms with Gasteiger partial charge in [-0.1, -0.05) is 28.6 Å². The highest BCUT2D eigenvalue weighted by molar-refractivity contribution is 9.11. The molecule has 2 rings (SSSR count). The van der Waals surface area contributed by atoms with Crippen LogP contribution in [0.15, 0.2) is 43.5 Å². The summed E-state index contributed by atoms with van der Waals surface area (Å²) in [5, 5.41) is 10.5. The standard InChI is InChI=1S/C13H11Br2N5O3/c1-2-3-22-11-7(4-8(14)5-9(11)15)6-17-18-13(21)10-12(16)20-23-19-10/h2,4-6H,1,3H2,(H2,16,20)(H,18,21)/b17-6-. The highest BCUT2D eigenvalue weighted by Gasteiger charge is 2.15. The van der Waals surface area contributed by atoms with Gasteiger partial charge in [0.1, 0.15) is 12.4 Å². The first-order valence-corrected chi connectivity index (χ1v) is 7.75. The predicted molar refractivity (Wildman–Crippen MR) is 91.3 cm³/mol. The van der Waals surface area contributed by atoms with Gasteiger partial charge in [-0.05, 0) is 38.4 Å². The Hall–Kier alpha value is -2.20. The van der Waals surface area contributed by atoms with Gasteiger partial charge in [0, 0.05) is 10.0 Å². The summed E-state index contributed by atoms with van der Waals surface area (Å²) in [6.45, 7) is 3.93. The quantitative estimate of drug-likeness (QED) is 0.401. The molecule has 0 atom stereocenters. The molecule has 0 saturated heterocycles. The van der Waals surface area contributed by atoms with Crippen LogP contribution in [-0.4, -0.2) is 29.0 Å². The molecule has 0 unspecified atom stereocenters. The Kier molecular flexibility index (Phi) is 5.88. The molecule has 1 aromatic heterocycles. The van der Waals surface area contributed by atoms with Crippen molar-refractivity contribution in [3.8, 4) is 5.75 Å². The third-order valence-electron chi connectivity index (χ3n) is 2.48. The fourth-order valence-corrected chi connectivity index (χ4v) is 2.91. The Balaban J connectivity index is 2.16. The van der Waals surface area contributed by atoms with Crippen LogP contribution in [0.25, 0.3) is 0 Å². The summed E-state index contributed by atoms with van der Waals surface area (Å²) in [4.78, 5) is 11.8. The van der Waals surface area contributed by atoms with E-state index in [4.69, 9.17) is 10.5 Å². The van der Waals surface area contributed by atoms with Crippen molar-refractivity contribution in [1.29, 1.82) is 0 Å². The molecule has 0 spiro atoms. The number of ether oxygens (including phenoxy) is 1. The van der Waals surface area contributed by atoms with E-state index in [9.17, 15) is 4.79 Å². The summed E-state index contributed by atoms with van der Waals surface area (Å²) in [5.74, 6) is -0.186. The van der Waals surface area contributed by atoms with Crippen LogP contribution < -0.4 is 15.9 Å². The van der Waals surface area contributed by atoms with Gasteiger partial charge in [-0.3, -0.25) is 4.79 Å². The average molecular weight is 445 g/mol. The van der Waals surface area contributed by atoms with E-state index < -0.39 is 5.91 Å². The van der Waals surface area contributed by atoms with Gasteiger partial charge in [0.15, 0.2) is 0 Å². The summed E-state index contributed by atoms with van der Waals surface area (Å²) < 4.78 is 11.5. The Bertz CT molecular complexity index is 760. The molecule has 0 aliphatic rings. The fourth-order valence-electron chi connectivity index (χ4n) is 1.54. The minimum Gasteiger partial charge on any atom is -0.488 e. The zero-order valence-corrected chi connectivity index (χ0v) is 14.8. The third kappa shape index (κ3) is 4.39. The molecule has 0 radical (unpaired) electrons. The maximum absolute atomic E-state index is 11.8. The Labute approximate surface area is 148 Å². The number of nitrogens with two attached hydrogens (primary N) is 1. The Morgan fingerprint density at radius 3 is 2.91 bits per heavy atom. The lowest BCUT2D eigenvalue weighted by atomic mass is 10.2. The molecule has 10 heteroatoms. The van der Waals surface area contributed by atoms with E-state index >= 15 is 0 Å². The van der Waals surface area contributed by atoms with E-state index in [2.05, 4.69) is 63.9 Å². The minimum absolute atomic E-state index is 0.113. The van der Waals surface area contributed by atoms with Crippen LogP contribution in [0.4, 0.5) is 5.82 Å². The van der Waals surface area contributed by atoms with E-state index in [1.807, 2.05) is 6.07 Å². The number of carbonyl (C=O) groups excluding carboxylic acids is 1. The first-order valence-electron chi connectivity index (χ1n) is 6.17. The molecule has 2 aromatic rings. The summed E-state index contributed by atoms with van der Waals surface area (Å²) in [7, 11) is 0. The second-order valence-electron chi connectivity index (χ2n) is 4.10. The monoisotopic (exact) mass is 443 g/mol. The number of nitrogens with one attached hydrogen (secondary N) is 1. The van der Waals surface area contributed by atoms with Crippen LogP contribution in [0.1, 0.15) is 16.1 Å². The maximum Gasteiger partial charge on any atom is 0.297 e. The van der Waals surface area contributed by atoms with E-state index in [1.165, 1.54) is 6.21 Å². The van der Waals surface area contributed by atoms with E-state index in [-0.39, 0.29) is 11.5 Å². The summed E-state index contributed by atoms with van der Waals surface area (Å²) in [5.41, 5.74) is 8.20. The minimum atomic E-state index is -0.636. The van der Waals surface area contributed by atoms with Crippen LogP contribution >= 0.6 is 31.9 Å². The van der Waals surface area contributed by atoms with Gasteiger partial charge in [0.05, 0.1) is 10.7 Å². The first kappa shape index (κ1) is 17.2. The first-order chi connectivity index (χ1) is 11.0. The van der Waals surface area contributed by atoms with E-state index in [0.29, 0.717) is 17.9 Å². The van der Waals surface area contributed by atoms with E-state index in [0.717, 1.165) is 8.95 Å². The van der Waals surface area contributed by atoms with Crippen molar-refractivity contribution < 1.29 is 14.2 Å². The maximum atomic E-state index is 11.8. The van der Waals surface area contributed by atoms with Crippen LogP contribution in [0, 0.1) is 0 Å². The zero-order valence-electron chi connectivity index (χ0n) is 11.6. The number of anilines is 1. The lowest BCUT2D eigenvalue weighted by Crippen LogP contribution is -2.19. The SMILES string of the molecule is C=CCOc1c(Br)cc(Br)cc1/C=N\NC(=O)c1nonc1N. The Morgan fingerprint density at radius 1 is 1.48 bits per heavy atom. The van der Waals surface area contributed by atoms with Crippen LogP contribution in [-0.2, 0) is 0 Å². The molecule has 0 fully saturated rings. The van der Waals surface area contributed by atoms with Gasteiger partial charge in [0.2, 0.25) is 11.5 Å². The zero-order chi connectivity index (χ0) is 16.8. The molecule has 8 nitrogen and oxygen atoms in total. The van der Waals surface area contributed by atoms with Crippen molar-refractivity contribution in [2.75, 3.05) is 12.3 Å². The van der Waals surface area contributed by atoms with Gasteiger partial charge >= 0.3 is 0 Å². The molecular weight excluding hydrogens is 434 g/mol. The average Bonchev–Trinajstić information content (AvgIpc) is 2.92. The molecule has 3 N–H and O–H groups in total. The van der Waals surface area contributed by atoms with E-state index in [1.54, 1.807) is 12.1 Å². The van der Waals surface area contributed by atoms with Gasteiger partial charge in [-0.15, -0.1) is 0 Å². The van der Waals surface area contributed by atoms with Crippen molar-refractivity contribution in [2.24, 2.45) is 5.10 Å². The van der Waals surface area contributed by atoms with Gasteiger partial charge < -0.3 is 10.5 Å². The molecule has 1 aromatic carbocycles. The molecule has 0 aliphatic carbocycles. The van der Waals surface area contributed by atoms with Crippen molar-refractivity contribution in [1.82, 2.24) is 15.7 Å². The van der Waals surface area contributed by atoms with Crippen LogP contribution in [0.3, 0.4) is 0 Å².